The van der Waals surface area contributed by atoms with Crippen LogP contribution in [0.15, 0.2) is 59.0 Å². The Kier molecular flexibility index (Phi) is 8.79. The molecule has 4 fully saturated rings. The monoisotopic (exact) mass is 550 g/mol. The Morgan fingerprint density at radius 1 is 1.15 bits per heavy atom. The highest BCUT2D eigenvalue weighted by molar-refractivity contribution is 7.10. The molecule has 1 aromatic heterocycles. The number of fused-ring (bicyclic) bond motifs is 1. The second-order valence-electron chi connectivity index (χ2n) is 13.4. The van der Waals surface area contributed by atoms with E-state index in [1.807, 2.05) is 11.3 Å². The number of hydrogen-bond acceptors (Lipinski definition) is 4. The van der Waals surface area contributed by atoms with Gasteiger partial charge in [-0.15, -0.1) is 11.3 Å². The van der Waals surface area contributed by atoms with Crippen molar-refractivity contribution in [2.45, 2.75) is 122 Å². The van der Waals surface area contributed by atoms with E-state index in [0.29, 0.717) is 30.6 Å². The normalized spacial score (nSPS) is 36.0. The largest absolute Gasteiger partial charge is 0.393 e. The van der Waals surface area contributed by atoms with E-state index < -0.39 is 18.3 Å². The average Bonchev–Trinajstić information content (AvgIpc) is 3.44. The zero-order valence-corrected chi connectivity index (χ0v) is 25.2. The summed E-state index contributed by atoms with van der Waals surface area (Å²) in [6, 6.07) is 2.37. The molecule has 0 amide bonds. The number of rotatable bonds is 9. The summed E-state index contributed by atoms with van der Waals surface area (Å²) in [5.74, 6) is 1.64. The fourth-order valence-electron chi connectivity index (χ4n) is 8.18. The van der Waals surface area contributed by atoms with Crippen molar-refractivity contribution in [2.75, 3.05) is 0 Å². The molecule has 4 saturated carbocycles. The third kappa shape index (κ3) is 5.82. The summed E-state index contributed by atoms with van der Waals surface area (Å²) in [6.45, 7) is 11.2. The Morgan fingerprint density at radius 3 is 2.69 bits per heavy atom. The molecule has 214 valence electrons. The highest BCUT2D eigenvalue weighted by atomic mass is 32.1. The highest BCUT2D eigenvalue weighted by Gasteiger charge is 2.52. The Morgan fingerprint density at radius 2 is 1.95 bits per heavy atom. The SMILES string of the molecule is C=C1C(=CC=C2CCC[C@]3(C)[C@@H]([C@H](C)C=C[C@@H](O)C4(c5cc(CCCC)cs5)CC4)CC[C@@H]23)C[C@@H](O)C[C@@H]1O. The molecule has 0 radical (unpaired) electrons. The Bertz CT molecular complexity index is 1120. The molecule has 3 N–H and O–H groups in total. The number of allylic oxidation sites excluding steroid dienone is 4. The van der Waals surface area contributed by atoms with Crippen molar-refractivity contribution in [3.05, 3.63) is 69.5 Å². The molecule has 39 heavy (non-hydrogen) atoms. The third-order valence-electron chi connectivity index (χ3n) is 10.9. The van der Waals surface area contributed by atoms with E-state index in [0.717, 1.165) is 36.8 Å². The van der Waals surface area contributed by atoms with Crippen LogP contribution in [0.25, 0.3) is 0 Å². The van der Waals surface area contributed by atoms with E-state index in [1.54, 1.807) is 0 Å². The summed E-state index contributed by atoms with van der Waals surface area (Å²) in [5.41, 5.74) is 4.97. The molecule has 0 bridgehead atoms. The number of aliphatic hydroxyl groups is 3. The fourth-order valence-corrected chi connectivity index (χ4v) is 9.42. The van der Waals surface area contributed by atoms with Crippen molar-refractivity contribution < 1.29 is 15.3 Å². The summed E-state index contributed by atoms with van der Waals surface area (Å²) in [5, 5.41) is 34.0. The van der Waals surface area contributed by atoms with Gasteiger partial charge in [-0.1, -0.05) is 63.6 Å². The minimum atomic E-state index is -0.633. The van der Waals surface area contributed by atoms with E-state index in [-0.39, 0.29) is 10.8 Å². The van der Waals surface area contributed by atoms with Gasteiger partial charge in [-0.05, 0) is 116 Å². The molecule has 4 aliphatic rings. The zero-order chi connectivity index (χ0) is 27.8. The summed E-state index contributed by atoms with van der Waals surface area (Å²) in [6.07, 6.45) is 20.2. The van der Waals surface area contributed by atoms with Crippen LogP contribution in [0.4, 0.5) is 0 Å². The molecule has 1 aromatic rings. The minimum absolute atomic E-state index is 0.0496. The van der Waals surface area contributed by atoms with Gasteiger partial charge >= 0.3 is 0 Å². The standard InChI is InChI=1S/C35H50O3S/c1-5-6-8-25-19-33(39-22-25)35(17-18-35)32(38)15-10-23(2)29-13-14-30-26(9-7-16-34(29,30)4)11-12-27-20-28(36)21-31(37)24(27)3/h10-12,15,19,22-23,28-32,36-38H,3,5-9,13-14,16-18,20-21H2,1-2,4H3/t23-,28-,29-,30+,31+,32-,34-/m1/s1. The minimum Gasteiger partial charge on any atom is -0.393 e. The second kappa shape index (κ2) is 11.8. The zero-order valence-electron chi connectivity index (χ0n) is 24.4. The van der Waals surface area contributed by atoms with Crippen molar-refractivity contribution in [2.24, 2.45) is 23.2 Å². The van der Waals surface area contributed by atoms with Gasteiger partial charge in [-0.2, -0.15) is 0 Å². The molecule has 5 rings (SSSR count). The molecular weight excluding hydrogens is 500 g/mol. The summed E-state index contributed by atoms with van der Waals surface area (Å²) < 4.78 is 0. The molecule has 0 aromatic carbocycles. The maximum absolute atomic E-state index is 11.3. The summed E-state index contributed by atoms with van der Waals surface area (Å²) in [4.78, 5) is 1.38. The number of aliphatic hydroxyl groups excluding tert-OH is 3. The number of thiophene rings is 1. The van der Waals surface area contributed by atoms with Gasteiger partial charge in [-0.25, -0.2) is 0 Å². The molecular formula is C35H50O3S. The van der Waals surface area contributed by atoms with Crippen molar-refractivity contribution in [3.63, 3.8) is 0 Å². The van der Waals surface area contributed by atoms with Crippen LogP contribution in [0.2, 0.25) is 0 Å². The van der Waals surface area contributed by atoms with Crippen LogP contribution in [-0.2, 0) is 11.8 Å². The molecule has 7 atom stereocenters. The third-order valence-corrected chi connectivity index (χ3v) is 12.1. The topological polar surface area (TPSA) is 60.7 Å². The van der Waals surface area contributed by atoms with Gasteiger partial charge in [0.2, 0.25) is 0 Å². The number of unbranched alkanes of at least 4 members (excludes halogenated alkanes) is 1. The quantitative estimate of drug-likeness (QED) is 0.275. The molecule has 0 spiro atoms. The van der Waals surface area contributed by atoms with Gasteiger partial charge in [0.1, 0.15) is 0 Å². The van der Waals surface area contributed by atoms with Crippen molar-refractivity contribution in [3.8, 4) is 0 Å². The Hall–Kier alpha value is -1.46. The number of hydrogen-bond donors (Lipinski definition) is 3. The maximum atomic E-state index is 11.3. The van der Waals surface area contributed by atoms with Crippen LogP contribution in [0, 0.1) is 23.2 Å². The van der Waals surface area contributed by atoms with Crippen molar-refractivity contribution in [1.29, 1.82) is 0 Å². The number of aryl methyl sites for hydroxylation is 1. The van der Waals surface area contributed by atoms with Crippen LogP contribution in [0.1, 0.15) is 102 Å². The lowest BCUT2D eigenvalue weighted by atomic mass is 9.61. The fraction of sp³-hybridized carbons (Fsp3) is 0.657. The second-order valence-corrected chi connectivity index (χ2v) is 14.3. The lowest BCUT2D eigenvalue weighted by Gasteiger charge is -2.44. The first-order valence-electron chi connectivity index (χ1n) is 15.6. The Balaban J connectivity index is 1.26. The van der Waals surface area contributed by atoms with E-state index in [2.05, 4.69) is 63.1 Å². The summed E-state index contributed by atoms with van der Waals surface area (Å²) >= 11 is 1.85. The van der Waals surface area contributed by atoms with Gasteiger partial charge in [-0.3, -0.25) is 0 Å². The van der Waals surface area contributed by atoms with Crippen molar-refractivity contribution in [1.82, 2.24) is 0 Å². The lowest BCUT2D eigenvalue weighted by molar-refractivity contribution is 0.0862. The van der Waals surface area contributed by atoms with Crippen LogP contribution < -0.4 is 0 Å². The van der Waals surface area contributed by atoms with E-state index >= 15 is 0 Å². The van der Waals surface area contributed by atoms with E-state index in [4.69, 9.17) is 0 Å². The Labute approximate surface area is 240 Å². The first-order chi connectivity index (χ1) is 18.7. The molecule has 4 heteroatoms. The van der Waals surface area contributed by atoms with Crippen molar-refractivity contribution >= 4 is 11.3 Å². The van der Waals surface area contributed by atoms with Crippen LogP contribution in [0.5, 0.6) is 0 Å². The lowest BCUT2D eigenvalue weighted by Crippen LogP contribution is -2.35. The predicted molar refractivity (Wildman–Crippen MR) is 163 cm³/mol. The summed E-state index contributed by atoms with van der Waals surface area (Å²) in [7, 11) is 0. The van der Waals surface area contributed by atoms with Crippen LogP contribution in [-0.4, -0.2) is 33.6 Å². The van der Waals surface area contributed by atoms with E-state index in [1.165, 1.54) is 54.5 Å². The highest BCUT2D eigenvalue weighted by Crippen LogP contribution is 2.60. The van der Waals surface area contributed by atoms with Gasteiger partial charge < -0.3 is 15.3 Å². The first-order valence-corrected chi connectivity index (χ1v) is 16.4. The van der Waals surface area contributed by atoms with Gasteiger partial charge in [0.15, 0.2) is 0 Å². The van der Waals surface area contributed by atoms with Gasteiger partial charge in [0, 0.05) is 16.7 Å². The molecule has 4 aliphatic carbocycles. The van der Waals surface area contributed by atoms with Gasteiger partial charge in [0.25, 0.3) is 0 Å². The smallest absolute Gasteiger partial charge is 0.0825 e. The van der Waals surface area contributed by atoms with Gasteiger partial charge in [0.05, 0.1) is 18.3 Å². The first kappa shape index (κ1) is 29.0. The van der Waals surface area contributed by atoms with Crippen LogP contribution >= 0.6 is 11.3 Å². The predicted octanol–water partition coefficient (Wildman–Crippen LogP) is 7.82. The molecule has 0 unspecified atom stereocenters. The molecule has 0 saturated heterocycles. The van der Waals surface area contributed by atoms with Crippen LogP contribution in [0.3, 0.4) is 0 Å². The maximum Gasteiger partial charge on any atom is 0.0825 e. The average molecular weight is 551 g/mol. The molecule has 0 aliphatic heterocycles. The molecule has 3 nitrogen and oxygen atoms in total. The molecule has 1 heterocycles. The van der Waals surface area contributed by atoms with E-state index in [9.17, 15) is 15.3 Å².